The Morgan fingerprint density at radius 2 is 1.61 bits per heavy atom. The van der Waals surface area contributed by atoms with E-state index in [0.717, 1.165) is 41.7 Å². The summed E-state index contributed by atoms with van der Waals surface area (Å²) in [4.78, 5) is 13.0. The number of carbonyl (C=O) groups excluding carboxylic acids is 1. The molecule has 7 heteroatoms. The molecular formula is C26H28N2O4S. The van der Waals surface area contributed by atoms with Crippen LogP contribution in [-0.4, -0.2) is 38.8 Å². The minimum atomic E-state index is -3.46. The van der Waals surface area contributed by atoms with Gasteiger partial charge in [-0.15, -0.1) is 0 Å². The van der Waals surface area contributed by atoms with Gasteiger partial charge in [-0.05, 0) is 65.9 Å². The van der Waals surface area contributed by atoms with Crippen LogP contribution >= 0.6 is 0 Å². The normalized spacial score (nSPS) is 14.6. The van der Waals surface area contributed by atoms with Crippen LogP contribution in [0.25, 0.3) is 11.1 Å². The van der Waals surface area contributed by atoms with Crippen LogP contribution in [0, 0.1) is 0 Å². The fourth-order valence-electron chi connectivity index (χ4n) is 3.94. The molecule has 0 aliphatic carbocycles. The molecule has 0 aromatic heterocycles. The van der Waals surface area contributed by atoms with E-state index < -0.39 is 10.0 Å². The first-order valence-corrected chi connectivity index (χ1v) is 12.5. The van der Waals surface area contributed by atoms with Gasteiger partial charge in [-0.2, -0.15) is 4.31 Å². The second kappa shape index (κ2) is 10.2. The maximum absolute atomic E-state index is 12.9. The molecule has 0 atom stereocenters. The molecule has 172 valence electrons. The van der Waals surface area contributed by atoms with E-state index in [0.29, 0.717) is 30.1 Å². The van der Waals surface area contributed by atoms with E-state index in [2.05, 4.69) is 5.32 Å². The molecule has 0 spiro atoms. The first-order valence-electron chi connectivity index (χ1n) is 11.1. The van der Waals surface area contributed by atoms with Crippen LogP contribution in [0.2, 0.25) is 0 Å². The van der Waals surface area contributed by atoms with Crippen LogP contribution in [0.1, 0.15) is 35.2 Å². The average Bonchev–Trinajstić information content (AvgIpc) is 2.88. The first kappa shape index (κ1) is 23.0. The molecule has 3 aromatic carbocycles. The van der Waals surface area contributed by atoms with E-state index in [1.165, 1.54) is 0 Å². The molecule has 1 saturated heterocycles. The number of methoxy groups -OCH3 is 1. The minimum absolute atomic E-state index is 0.169. The number of nitrogens with one attached hydrogen (secondary N) is 1. The first-order chi connectivity index (χ1) is 16.0. The summed E-state index contributed by atoms with van der Waals surface area (Å²) >= 11 is 0. The minimum Gasteiger partial charge on any atom is -0.497 e. The fourth-order valence-corrected chi connectivity index (χ4v) is 5.46. The maximum Gasteiger partial charge on any atom is 0.251 e. The molecule has 1 aliphatic rings. The SMILES string of the molecule is COc1ccc(CNC(=O)c2cccc(-c3ccc(S(=O)(=O)N4CCCCC4)cc3)c2)cc1. The van der Waals surface area contributed by atoms with Gasteiger partial charge in [0.25, 0.3) is 5.91 Å². The van der Waals surface area contributed by atoms with Gasteiger partial charge in [0, 0.05) is 25.2 Å². The van der Waals surface area contributed by atoms with Crippen molar-refractivity contribution in [3.8, 4) is 16.9 Å². The molecule has 4 rings (SSSR count). The molecule has 1 fully saturated rings. The lowest BCUT2D eigenvalue weighted by Gasteiger charge is -2.25. The molecule has 0 bridgehead atoms. The summed E-state index contributed by atoms with van der Waals surface area (Å²) < 4.78 is 32.5. The Balaban J connectivity index is 1.45. The van der Waals surface area contributed by atoms with Crippen molar-refractivity contribution < 1.29 is 17.9 Å². The van der Waals surface area contributed by atoms with Crippen molar-refractivity contribution in [3.63, 3.8) is 0 Å². The monoisotopic (exact) mass is 464 g/mol. The van der Waals surface area contributed by atoms with Gasteiger partial charge in [0.2, 0.25) is 10.0 Å². The number of rotatable bonds is 7. The second-order valence-electron chi connectivity index (χ2n) is 8.10. The Labute approximate surface area is 195 Å². The summed E-state index contributed by atoms with van der Waals surface area (Å²) in [6.07, 6.45) is 2.89. The highest BCUT2D eigenvalue weighted by atomic mass is 32.2. The van der Waals surface area contributed by atoms with Gasteiger partial charge in [-0.25, -0.2) is 8.42 Å². The summed E-state index contributed by atoms with van der Waals surface area (Å²) in [5.74, 6) is 0.601. The van der Waals surface area contributed by atoms with Gasteiger partial charge >= 0.3 is 0 Å². The molecule has 6 nitrogen and oxygen atoms in total. The highest BCUT2D eigenvalue weighted by Gasteiger charge is 2.25. The van der Waals surface area contributed by atoms with Crippen LogP contribution in [0.4, 0.5) is 0 Å². The van der Waals surface area contributed by atoms with E-state index in [1.54, 1.807) is 41.7 Å². The van der Waals surface area contributed by atoms with E-state index >= 15 is 0 Å². The Bertz CT molecular complexity index is 1200. The molecule has 1 amide bonds. The van der Waals surface area contributed by atoms with Crippen LogP contribution < -0.4 is 10.1 Å². The zero-order chi connectivity index (χ0) is 23.3. The highest BCUT2D eigenvalue weighted by Crippen LogP contribution is 2.25. The number of carbonyl (C=O) groups is 1. The van der Waals surface area contributed by atoms with E-state index in [9.17, 15) is 13.2 Å². The topological polar surface area (TPSA) is 75.7 Å². The number of piperidine rings is 1. The highest BCUT2D eigenvalue weighted by molar-refractivity contribution is 7.89. The molecule has 0 radical (unpaired) electrons. The van der Waals surface area contributed by atoms with Crippen molar-refractivity contribution in [2.45, 2.75) is 30.7 Å². The van der Waals surface area contributed by atoms with Crippen LogP contribution in [-0.2, 0) is 16.6 Å². The predicted octanol–water partition coefficient (Wildman–Crippen LogP) is 4.47. The van der Waals surface area contributed by atoms with Crippen molar-refractivity contribution in [1.29, 1.82) is 0 Å². The third-order valence-electron chi connectivity index (χ3n) is 5.88. The van der Waals surface area contributed by atoms with Crippen LogP contribution in [0.15, 0.2) is 77.7 Å². The lowest BCUT2D eigenvalue weighted by Crippen LogP contribution is -2.35. The third kappa shape index (κ3) is 5.43. The number of hydrogen-bond acceptors (Lipinski definition) is 4. The van der Waals surface area contributed by atoms with Gasteiger partial charge in [-0.3, -0.25) is 4.79 Å². The molecule has 0 unspecified atom stereocenters. The zero-order valence-electron chi connectivity index (χ0n) is 18.7. The Morgan fingerprint density at radius 1 is 0.909 bits per heavy atom. The zero-order valence-corrected chi connectivity index (χ0v) is 19.5. The van der Waals surface area contributed by atoms with Crippen molar-refractivity contribution in [2.75, 3.05) is 20.2 Å². The van der Waals surface area contributed by atoms with Crippen molar-refractivity contribution in [2.24, 2.45) is 0 Å². The predicted molar refractivity (Wildman–Crippen MR) is 129 cm³/mol. The van der Waals surface area contributed by atoms with Gasteiger partial charge < -0.3 is 10.1 Å². The molecule has 33 heavy (non-hydrogen) atoms. The number of nitrogens with zero attached hydrogens (tertiary/aromatic N) is 1. The Kier molecular flexibility index (Phi) is 7.11. The maximum atomic E-state index is 12.9. The summed E-state index contributed by atoms with van der Waals surface area (Å²) in [6.45, 7) is 1.58. The lowest BCUT2D eigenvalue weighted by atomic mass is 10.0. The summed E-state index contributed by atoms with van der Waals surface area (Å²) in [7, 11) is -1.84. The molecule has 0 saturated carbocycles. The average molecular weight is 465 g/mol. The van der Waals surface area contributed by atoms with Crippen LogP contribution in [0.5, 0.6) is 5.75 Å². The van der Waals surface area contributed by atoms with E-state index in [-0.39, 0.29) is 5.91 Å². The largest absolute Gasteiger partial charge is 0.497 e. The number of hydrogen-bond donors (Lipinski definition) is 1. The number of sulfonamides is 1. The van der Waals surface area contributed by atoms with Crippen molar-refractivity contribution >= 4 is 15.9 Å². The number of ether oxygens (including phenoxy) is 1. The fraction of sp³-hybridized carbons (Fsp3) is 0.269. The van der Waals surface area contributed by atoms with E-state index in [4.69, 9.17) is 4.74 Å². The van der Waals surface area contributed by atoms with Crippen molar-refractivity contribution in [3.05, 3.63) is 83.9 Å². The smallest absolute Gasteiger partial charge is 0.251 e. The summed E-state index contributed by atoms with van der Waals surface area (Å²) in [5.41, 5.74) is 3.24. The molecule has 1 aliphatic heterocycles. The Morgan fingerprint density at radius 3 is 2.27 bits per heavy atom. The van der Waals surface area contributed by atoms with Gasteiger partial charge in [0.1, 0.15) is 5.75 Å². The molecule has 1 heterocycles. The standard InChI is InChI=1S/C26H28N2O4S/c1-32-24-12-8-20(9-13-24)19-27-26(29)23-7-5-6-22(18-23)21-10-14-25(15-11-21)33(30,31)28-16-3-2-4-17-28/h5-15,18H,2-4,16-17,19H2,1H3,(H,27,29). The second-order valence-corrected chi connectivity index (χ2v) is 10.0. The number of amides is 1. The lowest BCUT2D eigenvalue weighted by molar-refractivity contribution is 0.0951. The van der Waals surface area contributed by atoms with Gasteiger partial charge in [0.15, 0.2) is 0 Å². The molecule has 1 N–H and O–H groups in total. The third-order valence-corrected chi connectivity index (χ3v) is 7.79. The summed E-state index contributed by atoms with van der Waals surface area (Å²) in [5, 5.41) is 2.93. The van der Waals surface area contributed by atoms with Crippen LogP contribution in [0.3, 0.4) is 0 Å². The van der Waals surface area contributed by atoms with E-state index in [1.807, 2.05) is 42.5 Å². The molecule has 3 aromatic rings. The summed E-state index contributed by atoms with van der Waals surface area (Å²) in [6, 6.07) is 21.8. The number of benzene rings is 3. The van der Waals surface area contributed by atoms with Crippen molar-refractivity contribution in [1.82, 2.24) is 9.62 Å². The van der Waals surface area contributed by atoms with Gasteiger partial charge in [-0.1, -0.05) is 42.8 Å². The quantitative estimate of drug-likeness (QED) is 0.560. The molecular weight excluding hydrogens is 436 g/mol. The Hall–Kier alpha value is -3.16. The van der Waals surface area contributed by atoms with Gasteiger partial charge in [0.05, 0.1) is 12.0 Å².